The number of ether oxygens (including phenoxy) is 1. The van der Waals surface area contributed by atoms with Crippen LogP contribution in [-0.2, 0) is 4.79 Å². The first-order chi connectivity index (χ1) is 16.1. The van der Waals surface area contributed by atoms with Crippen molar-refractivity contribution in [3.63, 3.8) is 0 Å². The van der Waals surface area contributed by atoms with Crippen LogP contribution in [0.15, 0.2) is 36.4 Å². The fourth-order valence-electron chi connectivity index (χ4n) is 4.18. The van der Waals surface area contributed by atoms with Crippen LogP contribution in [0.25, 0.3) is 0 Å². The van der Waals surface area contributed by atoms with Crippen molar-refractivity contribution in [3.8, 4) is 5.88 Å². The third-order valence-electron chi connectivity index (χ3n) is 5.98. The lowest BCUT2D eigenvalue weighted by molar-refractivity contribution is -0.621. The Morgan fingerprint density at radius 2 is 1.82 bits per heavy atom. The predicted molar refractivity (Wildman–Crippen MR) is 124 cm³/mol. The smallest absolute Gasteiger partial charge is 0.408 e. The van der Waals surface area contributed by atoms with Crippen LogP contribution in [0, 0.1) is 12.1 Å². The number of nitrogens with one attached hydrogen (secondary N) is 1. The summed E-state index contributed by atoms with van der Waals surface area (Å²) in [6.07, 6.45) is 1.10. The number of piperidine rings is 1. The lowest BCUT2D eigenvalue weighted by atomic mass is 9.97. The van der Waals surface area contributed by atoms with Crippen LogP contribution in [0.3, 0.4) is 0 Å². The van der Waals surface area contributed by atoms with E-state index in [1.807, 2.05) is 38.1 Å². The van der Waals surface area contributed by atoms with Crippen LogP contribution in [0.1, 0.15) is 50.8 Å². The highest BCUT2D eigenvalue weighted by Gasteiger charge is 2.33. The zero-order chi connectivity index (χ0) is 25.0. The number of nitrogens with zero attached hydrogens (tertiary/aromatic N) is 3. The normalized spacial score (nSPS) is 14.4. The number of para-hydroxylation sites is 1. The van der Waals surface area contributed by atoms with Crippen molar-refractivity contribution >= 4 is 23.3 Å². The van der Waals surface area contributed by atoms with Crippen molar-refractivity contribution in [1.29, 1.82) is 0 Å². The second-order valence-electron chi connectivity index (χ2n) is 8.62. The summed E-state index contributed by atoms with van der Waals surface area (Å²) in [5.74, 6) is -0.581. The standard InChI is InChI=1S/C24H30F2N4O4/c1-15(2)19-7-5-6-8-21(19)29(18-11-13-28(14-12-18)17(4)31)24(32)27-20-10-9-16(3)30(33)22(20)34-23(25)26/h5-10,15,18,23H,11-14H2,1-4H3,(H,27,32). The van der Waals surface area contributed by atoms with Gasteiger partial charge in [-0.1, -0.05) is 32.0 Å². The minimum atomic E-state index is -3.23. The van der Waals surface area contributed by atoms with Crippen LogP contribution < -0.4 is 19.7 Å². The van der Waals surface area contributed by atoms with E-state index >= 15 is 0 Å². The van der Waals surface area contributed by atoms with Gasteiger partial charge in [0.25, 0.3) is 0 Å². The molecule has 3 amide bonds. The Morgan fingerprint density at radius 1 is 1.18 bits per heavy atom. The molecule has 1 saturated heterocycles. The van der Waals surface area contributed by atoms with Gasteiger partial charge in [-0.05, 0) is 36.5 Å². The number of rotatable bonds is 6. The molecule has 1 aliphatic heterocycles. The highest BCUT2D eigenvalue weighted by Crippen LogP contribution is 2.33. The number of anilines is 2. The van der Waals surface area contributed by atoms with E-state index in [9.17, 15) is 23.6 Å². The fraction of sp³-hybridized carbons (Fsp3) is 0.458. The maximum atomic E-state index is 13.6. The second-order valence-corrected chi connectivity index (χ2v) is 8.62. The van der Waals surface area contributed by atoms with E-state index in [-0.39, 0.29) is 34.0 Å². The summed E-state index contributed by atoms with van der Waals surface area (Å²) in [5.41, 5.74) is 1.62. The molecule has 0 bridgehead atoms. The van der Waals surface area contributed by atoms with Crippen molar-refractivity contribution < 1.29 is 27.8 Å². The molecule has 0 spiro atoms. The molecule has 34 heavy (non-hydrogen) atoms. The lowest BCUT2D eigenvalue weighted by Gasteiger charge is -2.39. The third kappa shape index (κ3) is 5.55. The summed E-state index contributed by atoms with van der Waals surface area (Å²) >= 11 is 0. The molecule has 1 fully saturated rings. The van der Waals surface area contributed by atoms with Gasteiger partial charge in [-0.2, -0.15) is 8.78 Å². The van der Waals surface area contributed by atoms with E-state index in [2.05, 4.69) is 10.1 Å². The van der Waals surface area contributed by atoms with Crippen molar-refractivity contribution in [2.24, 2.45) is 0 Å². The fourth-order valence-corrected chi connectivity index (χ4v) is 4.18. The topological polar surface area (TPSA) is 88.8 Å². The first-order valence-corrected chi connectivity index (χ1v) is 11.2. The molecule has 0 atom stereocenters. The molecule has 10 heteroatoms. The van der Waals surface area contributed by atoms with Crippen LogP contribution in [-0.4, -0.2) is 42.6 Å². The maximum Gasteiger partial charge on any atom is 0.408 e. The molecule has 0 aliphatic carbocycles. The highest BCUT2D eigenvalue weighted by atomic mass is 19.3. The monoisotopic (exact) mass is 476 g/mol. The average molecular weight is 477 g/mol. The van der Waals surface area contributed by atoms with E-state index in [4.69, 9.17) is 0 Å². The van der Waals surface area contributed by atoms with E-state index < -0.39 is 18.5 Å². The molecule has 2 heterocycles. The molecule has 1 aliphatic rings. The van der Waals surface area contributed by atoms with E-state index in [0.29, 0.717) is 31.6 Å². The number of hydrogen-bond donors (Lipinski definition) is 1. The number of alkyl halides is 2. The van der Waals surface area contributed by atoms with Gasteiger partial charge in [0.2, 0.25) is 5.91 Å². The van der Waals surface area contributed by atoms with Gasteiger partial charge in [0, 0.05) is 44.7 Å². The molecule has 1 aromatic heterocycles. The number of halogens is 2. The summed E-state index contributed by atoms with van der Waals surface area (Å²) in [5, 5.41) is 15.0. The number of pyridine rings is 1. The van der Waals surface area contributed by atoms with Gasteiger partial charge in [0.05, 0.1) is 0 Å². The zero-order valence-corrected chi connectivity index (χ0v) is 19.8. The van der Waals surface area contributed by atoms with Gasteiger partial charge in [0.1, 0.15) is 0 Å². The van der Waals surface area contributed by atoms with Crippen molar-refractivity contribution in [2.75, 3.05) is 23.3 Å². The Balaban J connectivity index is 1.99. The lowest BCUT2D eigenvalue weighted by Crippen LogP contribution is -2.50. The third-order valence-corrected chi connectivity index (χ3v) is 5.98. The number of hydrogen-bond acceptors (Lipinski definition) is 4. The van der Waals surface area contributed by atoms with Gasteiger partial charge in [-0.25, -0.2) is 4.79 Å². The first kappa shape index (κ1) is 25.2. The summed E-state index contributed by atoms with van der Waals surface area (Å²) in [6, 6.07) is 9.47. The molecule has 1 aromatic carbocycles. The SMILES string of the molecule is CC(=O)N1CCC(N(C(=O)Nc2ccc(C)[n+]([O-])c2OC(F)F)c2ccccc2C(C)C)CC1. The highest BCUT2D eigenvalue weighted by molar-refractivity contribution is 6.03. The van der Waals surface area contributed by atoms with E-state index in [1.54, 1.807) is 9.80 Å². The molecule has 2 aromatic rings. The van der Waals surface area contributed by atoms with Gasteiger partial charge in [-0.3, -0.25) is 15.0 Å². The van der Waals surface area contributed by atoms with E-state index in [1.165, 1.54) is 26.0 Å². The number of carbonyl (C=O) groups excluding carboxylic acids is 2. The summed E-state index contributed by atoms with van der Waals surface area (Å²) < 4.78 is 30.6. The quantitative estimate of drug-likeness (QED) is 0.494. The molecule has 3 rings (SSSR count). The number of urea groups is 1. The maximum absolute atomic E-state index is 13.6. The predicted octanol–water partition coefficient (Wildman–Crippen LogP) is 4.40. The van der Waals surface area contributed by atoms with Crippen molar-refractivity contribution in [1.82, 2.24) is 4.90 Å². The second kappa shape index (κ2) is 10.7. The molecule has 0 radical (unpaired) electrons. The van der Waals surface area contributed by atoms with Crippen molar-refractivity contribution in [3.05, 3.63) is 52.9 Å². The molecule has 184 valence electrons. The largest absolute Gasteiger partial charge is 0.616 e. The Morgan fingerprint density at radius 3 is 2.41 bits per heavy atom. The number of aromatic nitrogens is 1. The van der Waals surface area contributed by atoms with Crippen LogP contribution in [0.2, 0.25) is 0 Å². The minimum absolute atomic E-state index is 0.0227. The Labute approximate surface area is 197 Å². The average Bonchev–Trinajstić information content (AvgIpc) is 2.79. The molecular formula is C24H30F2N4O4. The number of carbonyl (C=O) groups is 2. The van der Waals surface area contributed by atoms with Crippen LogP contribution in [0.4, 0.5) is 25.0 Å². The molecular weight excluding hydrogens is 446 g/mol. The summed E-state index contributed by atoms with van der Waals surface area (Å²) in [4.78, 5) is 28.7. The molecule has 0 saturated carbocycles. The Kier molecular flexibility index (Phi) is 7.90. The van der Waals surface area contributed by atoms with Gasteiger partial charge < -0.3 is 14.8 Å². The number of aryl methyl sites for hydroxylation is 1. The summed E-state index contributed by atoms with van der Waals surface area (Å²) in [7, 11) is 0. The van der Waals surface area contributed by atoms with Crippen molar-refractivity contribution in [2.45, 2.75) is 59.1 Å². The molecule has 1 N–H and O–H groups in total. The van der Waals surface area contributed by atoms with Gasteiger partial charge >= 0.3 is 18.5 Å². The minimum Gasteiger partial charge on any atom is -0.616 e. The Bertz CT molecular complexity index is 1040. The van der Waals surface area contributed by atoms with Crippen LogP contribution in [0.5, 0.6) is 5.88 Å². The molecule has 8 nitrogen and oxygen atoms in total. The Hall–Kier alpha value is -3.43. The number of amides is 3. The van der Waals surface area contributed by atoms with Crippen LogP contribution >= 0.6 is 0 Å². The van der Waals surface area contributed by atoms with E-state index in [0.717, 1.165) is 5.56 Å². The number of likely N-dealkylation sites (tertiary alicyclic amines) is 1. The van der Waals surface area contributed by atoms with Gasteiger partial charge in [0.15, 0.2) is 11.4 Å². The number of benzene rings is 1. The summed E-state index contributed by atoms with van der Waals surface area (Å²) in [6.45, 7) is 4.76. The first-order valence-electron chi connectivity index (χ1n) is 11.2. The van der Waals surface area contributed by atoms with Gasteiger partial charge in [-0.15, -0.1) is 4.73 Å². The molecule has 0 unspecified atom stereocenters. The zero-order valence-electron chi connectivity index (χ0n) is 19.8.